The second kappa shape index (κ2) is 7.73. The summed E-state index contributed by atoms with van der Waals surface area (Å²) in [6.45, 7) is 2.66. The molecular weight excluding hydrogens is 394 g/mol. The first-order valence-corrected chi connectivity index (χ1v) is 10.2. The number of halogens is 1. The summed E-state index contributed by atoms with van der Waals surface area (Å²) < 4.78 is 0. The number of anilines is 2. The van der Waals surface area contributed by atoms with Crippen molar-refractivity contribution in [1.29, 1.82) is 0 Å². The van der Waals surface area contributed by atoms with Crippen molar-refractivity contribution >= 4 is 45.6 Å². The minimum Gasteiger partial charge on any atom is -0.311 e. The van der Waals surface area contributed by atoms with E-state index < -0.39 is 0 Å². The summed E-state index contributed by atoms with van der Waals surface area (Å²) in [7, 11) is 0. The molecule has 142 valence electrons. The Morgan fingerprint density at radius 1 is 1.21 bits per heavy atom. The fraction of sp³-hybridized carbons (Fsp3) is 0.190. The molecule has 0 unspecified atom stereocenters. The van der Waals surface area contributed by atoms with E-state index in [1.54, 1.807) is 23.1 Å². The molecule has 2 amide bonds. The highest BCUT2D eigenvalue weighted by molar-refractivity contribution is 7.14. The van der Waals surface area contributed by atoms with Gasteiger partial charge in [0.25, 0.3) is 5.91 Å². The van der Waals surface area contributed by atoms with Crippen LogP contribution in [0.5, 0.6) is 0 Å². The molecule has 2 aromatic carbocycles. The molecule has 1 saturated heterocycles. The molecule has 0 atom stereocenters. The van der Waals surface area contributed by atoms with Gasteiger partial charge in [-0.2, -0.15) is 0 Å². The fourth-order valence-corrected chi connectivity index (χ4v) is 4.06. The zero-order chi connectivity index (χ0) is 19.7. The zero-order valence-corrected chi connectivity index (χ0v) is 16.8. The lowest BCUT2D eigenvalue weighted by atomic mass is 10.1. The van der Waals surface area contributed by atoms with E-state index in [2.05, 4.69) is 10.3 Å². The molecule has 1 fully saturated rings. The number of carbonyl (C=O) groups excluding carboxylic acids is 2. The van der Waals surface area contributed by atoms with Gasteiger partial charge < -0.3 is 4.90 Å². The molecular formula is C21H18ClN3O2S. The summed E-state index contributed by atoms with van der Waals surface area (Å²) in [4.78, 5) is 30.8. The molecule has 1 aliphatic rings. The van der Waals surface area contributed by atoms with Crippen LogP contribution in [-0.2, 0) is 4.79 Å². The molecule has 2 heterocycles. The second-order valence-electron chi connectivity index (χ2n) is 6.67. The second-order valence-corrected chi connectivity index (χ2v) is 7.94. The van der Waals surface area contributed by atoms with Crippen LogP contribution < -0.4 is 10.2 Å². The molecule has 1 aliphatic heterocycles. The van der Waals surface area contributed by atoms with Crippen molar-refractivity contribution in [2.24, 2.45) is 0 Å². The number of amides is 2. The van der Waals surface area contributed by atoms with Gasteiger partial charge in [-0.05, 0) is 31.5 Å². The Hall–Kier alpha value is -2.70. The molecule has 4 rings (SSSR count). The van der Waals surface area contributed by atoms with Crippen molar-refractivity contribution in [3.05, 3.63) is 64.0 Å². The van der Waals surface area contributed by atoms with Crippen LogP contribution in [-0.4, -0.2) is 23.3 Å². The fourth-order valence-electron chi connectivity index (χ4n) is 3.12. The summed E-state index contributed by atoms with van der Waals surface area (Å²) in [5.74, 6) is -0.253. The van der Waals surface area contributed by atoms with E-state index >= 15 is 0 Å². The van der Waals surface area contributed by atoms with E-state index in [4.69, 9.17) is 11.6 Å². The molecule has 0 spiro atoms. The summed E-state index contributed by atoms with van der Waals surface area (Å²) in [6, 6.07) is 13.0. The molecule has 1 aromatic heterocycles. The zero-order valence-electron chi connectivity index (χ0n) is 15.2. The number of benzene rings is 2. The number of nitrogens with one attached hydrogen (secondary N) is 1. The quantitative estimate of drug-likeness (QED) is 0.645. The van der Waals surface area contributed by atoms with E-state index in [-0.39, 0.29) is 11.8 Å². The molecule has 0 bridgehead atoms. The number of hydrogen-bond acceptors (Lipinski definition) is 4. The Balaban J connectivity index is 1.53. The third-order valence-electron chi connectivity index (χ3n) is 4.64. The van der Waals surface area contributed by atoms with Crippen LogP contribution in [0.2, 0.25) is 5.02 Å². The SMILES string of the molecule is Cc1ccc(-c2csc(NC(=O)c3ccc(Cl)c(N4CCCC4=O)c3)n2)cc1. The van der Waals surface area contributed by atoms with Crippen molar-refractivity contribution < 1.29 is 9.59 Å². The predicted octanol–water partition coefficient (Wildman–Crippen LogP) is 5.15. The predicted molar refractivity (Wildman–Crippen MR) is 113 cm³/mol. The van der Waals surface area contributed by atoms with Crippen molar-refractivity contribution in [1.82, 2.24) is 4.98 Å². The maximum atomic E-state index is 12.7. The van der Waals surface area contributed by atoms with Crippen LogP contribution in [0.3, 0.4) is 0 Å². The Bertz CT molecular complexity index is 1050. The van der Waals surface area contributed by atoms with Crippen LogP contribution in [0, 0.1) is 6.92 Å². The number of aromatic nitrogens is 1. The number of nitrogens with zero attached hydrogens (tertiary/aromatic N) is 2. The molecule has 7 heteroatoms. The van der Waals surface area contributed by atoms with Crippen LogP contribution in [0.25, 0.3) is 11.3 Å². The van der Waals surface area contributed by atoms with E-state index in [1.165, 1.54) is 16.9 Å². The van der Waals surface area contributed by atoms with Crippen molar-refractivity contribution in [3.8, 4) is 11.3 Å². The number of thiazole rings is 1. The summed E-state index contributed by atoms with van der Waals surface area (Å²) in [6.07, 6.45) is 1.31. The summed E-state index contributed by atoms with van der Waals surface area (Å²) in [5, 5.41) is 5.73. The standard InChI is InChI=1S/C21H18ClN3O2S/c1-13-4-6-14(7-5-13)17-12-28-21(23-17)24-20(27)15-8-9-16(22)18(11-15)25-10-2-3-19(25)26/h4-9,11-12H,2-3,10H2,1H3,(H,23,24,27). The molecule has 0 aliphatic carbocycles. The minimum atomic E-state index is -0.283. The number of carbonyl (C=O) groups is 2. The van der Waals surface area contributed by atoms with Crippen molar-refractivity contribution in [2.75, 3.05) is 16.8 Å². The Kier molecular flexibility index (Phi) is 5.15. The van der Waals surface area contributed by atoms with Crippen LogP contribution in [0.15, 0.2) is 47.8 Å². The summed E-state index contributed by atoms with van der Waals surface area (Å²) >= 11 is 7.62. The maximum absolute atomic E-state index is 12.7. The average Bonchev–Trinajstić information content (AvgIpc) is 3.32. The third-order valence-corrected chi connectivity index (χ3v) is 5.72. The smallest absolute Gasteiger partial charge is 0.257 e. The van der Waals surface area contributed by atoms with Crippen molar-refractivity contribution in [2.45, 2.75) is 19.8 Å². The Morgan fingerprint density at radius 2 is 2.00 bits per heavy atom. The van der Waals surface area contributed by atoms with Gasteiger partial charge in [0.05, 0.1) is 16.4 Å². The van der Waals surface area contributed by atoms with Gasteiger partial charge in [0.1, 0.15) is 0 Å². The van der Waals surface area contributed by atoms with Crippen LogP contribution >= 0.6 is 22.9 Å². The first-order chi connectivity index (χ1) is 13.5. The molecule has 3 aromatic rings. The normalized spacial score (nSPS) is 13.8. The van der Waals surface area contributed by atoms with Gasteiger partial charge in [0, 0.05) is 29.5 Å². The van der Waals surface area contributed by atoms with Crippen molar-refractivity contribution in [3.63, 3.8) is 0 Å². The van der Waals surface area contributed by atoms with Gasteiger partial charge in [-0.25, -0.2) is 4.98 Å². The molecule has 28 heavy (non-hydrogen) atoms. The highest BCUT2D eigenvalue weighted by Gasteiger charge is 2.24. The van der Waals surface area contributed by atoms with Crippen LogP contribution in [0.1, 0.15) is 28.8 Å². The first-order valence-electron chi connectivity index (χ1n) is 8.95. The van der Waals surface area contributed by atoms with E-state index in [9.17, 15) is 9.59 Å². The van der Waals surface area contributed by atoms with E-state index in [1.807, 2.05) is 36.6 Å². The number of aryl methyl sites for hydroxylation is 1. The highest BCUT2D eigenvalue weighted by Crippen LogP contribution is 2.31. The Labute approximate surface area is 172 Å². The third kappa shape index (κ3) is 3.79. The van der Waals surface area contributed by atoms with E-state index in [0.717, 1.165) is 17.7 Å². The molecule has 0 saturated carbocycles. The lowest BCUT2D eigenvalue weighted by Gasteiger charge is -2.18. The Morgan fingerprint density at radius 3 is 2.71 bits per heavy atom. The average molecular weight is 412 g/mol. The van der Waals surface area contributed by atoms with Gasteiger partial charge in [-0.1, -0.05) is 41.4 Å². The molecule has 5 nitrogen and oxygen atoms in total. The minimum absolute atomic E-state index is 0.0297. The monoisotopic (exact) mass is 411 g/mol. The lowest BCUT2D eigenvalue weighted by Crippen LogP contribution is -2.24. The lowest BCUT2D eigenvalue weighted by molar-refractivity contribution is -0.117. The van der Waals surface area contributed by atoms with Crippen LogP contribution in [0.4, 0.5) is 10.8 Å². The first kappa shape index (κ1) is 18.7. The van der Waals surface area contributed by atoms with Gasteiger partial charge in [0.15, 0.2) is 5.13 Å². The molecule has 0 radical (unpaired) electrons. The van der Waals surface area contributed by atoms with Gasteiger partial charge in [-0.15, -0.1) is 11.3 Å². The number of rotatable bonds is 4. The van der Waals surface area contributed by atoms with Gasteiger partial charge >= 0.3 is 0 Å². The topological polar surface area (TPSA) is 62.3 Å². The highest BCUT2D eigenvalue weighted by atomic mass is 35.5. The molecule has 1 N–H and O–H groups in total. The maximum Gasteiger partial charge on any atom is 0.257 e. The largest absolute Gasteiger partial charge is 0.311 e. The van der Waals surface area contributed by atoms with Gasteiger partial charge in [-0.3, -0.25) is 14.9 Å². The number of hydrogen-bond donors (Lipinski definition) is 1. The van der Waals surface area contributed by atoms with Gasteiger partial charge in [0.2, 0.25) is 5.91 Å². The van der Waals surface area contributed by atoms with E-state index in [0.29, 0.717) is 34.4 Å². The summed E-state index contributed by atoms with van der Waals surface area (Å²) in [5.41, 5.74) is 4.02.